The summed E-state index contributed by atoms with van der Waals surface area (Å²) in [6, 6.07) is -0.441. The van der Waals surface area contributed by atoms with Crippen LogP contribution in [0, 0.1) is 5.82 Å². The Morgan fingerprint density at radius 2 is 1.93 bits per heavy atom. The fraction of sp³-hybridized carbons (Fsp3) is 0.125. The van der Waals surface area contributed by atoms with E-state index in [1.165, 1.54) is 12.1 Å². The number of hydrogen-bond acceptors (Lipinski definition) is 2. The van der Waals surface area contributed by atoms with Gasteiger partial charge in [0.2, 0.25) is 0 Å². The van der Waals surface area contributed by atoms with Gasteiger partial charge in [0, 0.05) is 4.90 Å². The third kappa shape index (κ3) is 1.39. The first-order valence-electron chi connectivity index (χ1n) is 3.61. The van der Waals surface area contributed by atoms with E-state index in [4.69, 9.17) is 0 Å². The Morgan fingerprint density at radius 1 is 1.21 bits per heavy atom. The molecule has 14 heavy (non-hydrogen) atoms. The zero-order chi connectivity index (χ0) is 10.3. The third-order valence-corrected chi connectivity index (χ3v) is 2.52. The van der Waals surface area contributed by atoms with Gasteiger partial charge in [-0.25, -0.2) is 4.39 Å². The Labute approximate surface area is 80.8 Å². The summed E-state index contributed by atoms with van der Waals surface area (Å²) in [4.78, 5) is 2.32. The number of aliphatic imine (C=N–C) groups is 1. The van der Waals surface area contributed by atoms with Gasteiger partial charge in [0.05, 0.1) is 5.56 Å². The van der Waals surface area contributed by atoms with Crippen LogP contribution in [0.3, 0.4) is 0 Å². The van der Waals surface area contributed by atoms with Gasteiger partial charge in [-0.05, 0) is 23.9 Å². The molecular formula is C8H3F4NS. The standard InChI is InChI=1S/C8H3F4NS/c9-4-2-1-3-5-6(4)8(11,12)13-7(10)14-5/h1-3H. The number of halogens is 4. The molecule has 0 bridgehead atoms. The van der Waals surface area contributed by atoms with E-state index in [9.17, 15) is 17.6 Å². The second-order valence-corrected chi connectivity index (χ2v) is 3.60. The van der Waals surface area contributed by atoms with Crippen molar-refractivity contribution in [1.82, 2.24) is 0 Å². The summed E-state index contributed by atoms with van der Waals surface area (Å²) in [6.07, 6.45) is 0. The first-order chi connectivity index (χ1) is 6.50. The number of benzene rings is 1. The molecule has 0 aliphatic carbocycles. The highest BCUT2D eigenvalue weighted by Crippen LogP contribution is 2.43. The fourth-order valence-electron chi connectivity index (χ4n) is 1.16. The average molecular weight is 221 g/mol. The maximum Gasteiger partial charge on any atom is 0.376 e. The summed E-state index contributed by atoms with van der Waals surface area (Å²) >= 11 is 0.392. The zero-order valence-electron chi connectivity index (χ0n) is 6.60. The highest BCUT2D eigenvalue weighted by Gasteiger charge is 2.41. The van der Waals surface area contributed by atoms with Gasteiger partial charge in [-0.2, -0.15) is 18.2 Å². The molecular weight excluding hydrogens is 218 g/mol. The molecule has 0 N–H and O–H groups in total. The molecule has 0 amide bonds. The molecule has 1 heterocycles. The van der Waals surface area contributed by atoms with Gasteiger partial charge in [0.25, 0.3) is 5.30 Å². The van der Waals surface area contributed by atoms with Crippen molar-refractivity contribution >= 4 is 17.1 Å². The Balaban J connectivity index is 2.66. The second kappa shape index (κ2) is 2.98. The Hall–Kier alpha value is -1.04. The Kier molecular flexibility index (Phi) is 2.02. The lowest BCUT2D eigenvalue weighted by Crippen LogP contribution is -2.18. The van der Waals surface area contributed by atoms with Crippen LogP contribution in [0.5, 0.6) is 0 Å². The van der Waals surface area contributed by atoms with Crippen molar-refractivity contribution in [3.8, 4) is 0 Å². The van der Waals surface area contributed by atoms with E-state index in [-0.39, 0.29) is 4.90 Å². The topological polar surface area (TPSA) is 12.4 Å². The molecule has 0 radical (unpaired) electrons. The van der Waals surface area contributed by atoms with Crippen LogP contribution in [0.2, 0.25) is 0 Å². The van der Waals surface area contributed by atoms with Crippen LogP contribution in [0.25, 0.3) is 0 Å². The van der Waals surface area contributed by atoms with Crippen LogP contribution in [0.4, 0.5) is 17.6 Å². The van der Waals surface area contributed by atoms with Crippen molar-refractivity contribution < 1.29 is 17.6 Å². The highest BCUT2D eigenvalue weighted by atomic mass is 32.2. The molecule has 6 heteroatoms. The minimum absolute atomic E-state index is 0.137. The fourth-order valence-corrected chi connectivity index (χ4v) is 1.97. The smallest absolute Gasteiger partial charge is 0.206 e. The molecule has 0 atom stereocenters. The van der Waals surface area contributed by atoms with Crippen LogP contribution >= 0.6 is 11.8 Å². The van der Waals surface area contributed by atoms with E-state index in [1.807, 2.05) is 0 Å². The van der Waals surface area contributed by atoms with Crippen molar-refractivity contribution in [2.24, 2.45) is 4.99 Å². The predicted molar refractivity (Wildman–Crippen MR) is 44.7 cm³/mol. The summed E-state index contributed by atoms with van der Waals surface area (Å²) < 4.78 is 51.7. The molecule has 1 aromatic carbocycles. The largest absolute Gasteiger partial charge is 0.376 e. The van der Waals surface area contributed by atoms with E-state index >= 15 is 0 Å². The van der Waals surface area contributed by atoms with Gasteiger partial charge in [-0.1, -0.05) is 6.07 Å². The van der Waals surface area contributed by atoms with Gasteiger partial charge in [-0.3, -0.25) is 0 Å². The number of hydrogen-bond donors (Lipinski definition) is 0. The zero-order valence-corrected chi connectivity index (χ0v) is 7.42. The molecule has 1 aliphatic rings. The summed E-state index contributed by atoms with van der Waals surface area (Å²) in [5.41, 5.74) is -0.855. The normalized spacial score (nSPS) is 18.7. The van der Waals surface area contributed by atoms with Crippen molar-refractivity contribution in [3.05, 3.63) is 29.6 Å². The summed E-state index contributed by atoms with van der Waals surface area (Å²) in [6.45, 7) is 0. The average Bonchev–Trinajstić information content (AvgIpc) is 2.00. The van der Waals surface area contributed by atoms with Crippen molar-refractivity contribution in [3.63, 3.8) is 0 Å². The Morgan fingerprint density at radius 3 is 2.64 bits per heavy atom. The first kappa shape index (κ1) is 9.51. The lowest BCUT2D eigenvalue weighted by molar-refractivity contribution is -0.00171. The summed E-state index contributed by atoms with van der Waals surface area (Å²) in [5, 5.41) is -1.26. The van der Waals surface area contributed by atoms with E-state index in [2.05, 4.69) is 4.99 Å². The molecule has 2 rings (SSSR count). The molecule has 0 saturated heterocycles. The molecule has 1 nitrogen and oxygen atoms in total. The van der Waals surface area contributed by atoms with Crippen LogP contribution in [0.1, 0.15) is 5.56 Å². The Bertz CT molecular complexity index is 416. The van der Waals surface area contributed by atoms with Crippen molar-refractivity contribution in [1.29, 1.82) is 0 Å². The van der Waals surface area contributed by atoms with E-state index in [1.54, 1.807) is 0 Å². The van der Waals surface area contributed by atoms with Gasteiger partial charge < -0.3 is 0 Å². The minimum atomic E-state index is -3.81. The molecule has 1 aromatic rings. The van der Waals surface area contributed by atoms with Gasteiger partial charge >= 0.3 is 6.05 Å². The van der Waals surface area contributed by atoms with Gasteiger partial charge in [0.1, 0.15) is 5.82 Å². The molecule has 0 fully saturated rings. The number of nitrogens with zero attached hydrogens (tertiary/aromatic N) is 1. The predicted octanol–water partition coefficient (Wildman–Crippen LogP) is 3.31. The quantitative estimate of drug-likeness (QED) is 0.483. The number of thioether (sulfide) groups is 1. The van der Waals surface area contributed by atoms with Gasteiger partial charge in [-0.15, -0.1) is 0 Å². The maximum absolute atomic E-state index is 13.0. The monoisotopic (exact) mass is 221 g/mol. The van der Waals surface area contributed by atoms with E-state index in [0.717, 1.165) is 6.07 Å². The van der Waals surface area contributed by atoms with E-state index < -0.39 is 22.7 Å². The second-order valence-electron chi connectivity index (χ2n) is 2.62. The number of rotatable bonds is 0. The van der Waals surface area contributed by atoms with Gasteiger partial charge in [0.15, 0.2) is 0 Å². The minimum Gasteiger partial charge on any atom is -0.206 e. The van der Waals surface area contributed by atoms with Crippen LogP contribution in [-0.2, 0) is 6.05 Å². The maximum atomic E-state index is 13.0. The van der Waals surface area contributed by atoms with Crippen molar-refractivity contribution in [2.75, 3.05) is 0 Å². The van der Waals surface area contributed by atoms with Crippen molar-refractivity contribution in [2.45, 2.75) is 10.9 Å². The third-order valence-electron chi connectivity index (χ3n) is 1.70. The molecule has 1 aliphatic heterocycles. The lowest BCUT2D eigenvalue weighted by atomic mass is 10.2. The molecule has 0 saturated carbocycles. The number of alkyl halides is 2. The van der Waals surface area contributed by atoms with Crippen LogP contribution in [0.15, 0.2) is 28.1 Å². The van der Waals surface area contributed by atoms with Crippen LogP contribution < -0.4 is 0 Å². The molecule has 0 aromatic heterocycles. The molecule has 74 valence electrons. The van der Waals surface area contributed by atoms with E-state index in [0.29, 0.717) is 11.8 Å². The number of fused-ring (bicyclic) bond motifs is 1. The molecule has 0 spiro atoms. The molecule has 0 unspecified atom stereocenters. The lowest BCUT2D eigenvalue weighted by Gasteiger charge is -2.19. The van der Waals surface area contributed by atoms with Crippen LogP contribution in [-0.4, -0.2) is 5.30 Å². The first-order valence-corrected chi connectivity index (χ1v) is 4.42. The summed E-state index contributed by atoms with van der Waals surface area (Å²) in [5.74, 6) is -1.07. The highest BCUT2D eigenvalue weighted by molar-refractivity contribution is 8.13. The SMILES string of the molecule is FC1=NC(F)(F)c2c(F)cccc2S1. The summed E-state index contributed by atoms with van der Waals surface area (Å²) in [7, 11) is 0.